The fourth-order valence-corrected chi connectivity index (χ4v) is 2.10. The lowest BCUT2D eigenvalue weighted by atomic mass is 10.2. The van der Waals surface area contributed by atoms with Gasteiger partial charge in [0.15, 0.2) is 11.6 Å². The number of hydrogen-bond acceptors (Lipinski definition) is 2. The highest BCUT2D eigenvalue weighted by Crippen LogP contribution is 2.20. The van der Waals surface area contributed by atoms with Crippen LogP contribution in [0.15, 0.2) is 46.9 Å². The van der Waals surface area contributed by atoms with Gasteiger partial charge in [0, 0.05) is 17.1 Å². The van der Waals surface area contributed by atoms with Crippen LogP contribution in [0.1, 0.15) is 25.0 Å². The van der Waals surface area contributed by atoms with Gasteiger partial charge >= 0.3 is 0 Å². The van der Waals surface area contributed by atoms with Gasteiger partial charge in [-0.3, -0.25) is 0 Å². The minimum absolute atomic E-state index is 0.284. The Bertz CT molecular complexity index is 584. The number of nitrogens with one attached hydrogen (secondary N) is 1. The molecule has 4 heteroatoms. The zero-order chi connectivity index (χ0) is 15.2. The summed E-state index contributed by atoms with van der Waals surface area (Å²) < 4.78 is 20.5. The van der Waals surface area contributed by atoms with Crippen LogP contribution in [0.5, 0.6) is 5.75 Å². The summed E-state index contributed by atoms with van der Waals surface area (Å²) in [5, 5.41) is 3.26. The predicted octanol–water partition coefficient (Wildman–Crippen LogP) is 4.67. The molecule has 2 rings (SSSR count). The minimum atomic E-state index is -0.324. The van der Waals surface area contributed by atoms with Crippen LogP contribution < -0.4 is 10.1 Å². The molecule has 0 spiro atoms. The highest BCUT2D eigenvalue weighted by Gasteiger charge is 2.06. The molecule has 0 heterocycles. The van der Waals surface area contributed by atoms with Crippen LogP contribution in [0.2, 0.25) is 0 Å². The number of halogens is 2. The van der Waals surface area contributed by atoms with E-state index >= 15 is 0 Å². The molecule has 0 fully saturated rings. The molecule has 0 saturated carbocycles. The van der Waals surface area contributed by atoms with E-state index in [1.807, 2.05) is 30.3 Å². The van der Waals surface area contributed by atoms with Crippen molar-refractivity contribution in [2.75, 3.05) is 0 Å². The van der Waals surface area contributed by atoms with Crippen LogP contribution in [0.3, 0.4) is 0 Å². The monoisotopic (exact) mass is 351 g/mol. The fraction of sp³-hybridized carbons (Fsp3) is 0.294. The third kappa shape index (κ3) is 5.14. The summed E-state index contributed by atoms with van der Waals surface area (Å²) in [4.78, 5) is 0. The first-order valence-corrected chi connectivity index (χ1v) is 7.73. The fourth-order valence-electron chi connectivity index (χ4n) is 1.84. The lowest BCUT2D eigenvalue weighted by Crippen LogP contribution is -2.21. The van der Waals surface area contributed by atoms with Crippen molar-refractivity contribution >= 4 is 15.9 Å². The largest absolute Gasteiger partial charge is 0.486 e. The van der Waals surface area contributed by atoms with Crippen molar-refractivity contribution in [3.8, 4) is 5.75 Å². The molecule has 0 saturated heterocycles. The molecule has 2 aromatic carbocycles. The SMILES string of the molecule is CC(C)NCc1ccc(OCc2ccc(Br)cc2)c(F)c1. The molecule has 0 radical (unpaired) electrons. The van der Waals surface area contributed by atoms with Gasteiger partial charge in [-0.15, -0.1) is 0 Å². The summed E-state index contributed by atoms with van der Waals surface area (Å²) in [6.07, 6.45) is 0. The number of hydrogen-bond donors (Lipinski definition) is 1. The van der Waals surface area contributed by atoms with E-state index in [0.29, 0.717) is 19.2 Å². The highest BCUT2D eigenvalue weighted by atomic mass is 79.9. The highest BCUT2D eigenvalue weighted by molar-refractivity contribution is 9.10. The molecule has 21 heavy (non-hydrogen) atoms. The van der Waals surface area contributed by atoms with Crippen LogP contribution in [-0.2, 0) is 13.2 Å². The average Bonchev–Trinajstić information content (AvgIpc) is 2.46. The number of rotatable bonds is 6. The van der Waals surface area contributed by atoms with E-state index in [2.05, 4.69) is 35.1 Å². The Morgan fingerprint density at radius 2 is 1.76 bits per heavy atom. The van der Waals surface area contributed by atoms with Crippen molar-refractivity contribution in [3.63, 3.8) is 0 Å². The zero-order valence-electron chi connectivity index (χ0n) is 12.2. The second-order valence-corrected chi connectivity index (χ2v) is 6.13. The van der Waals surface area contributed by atoms with E-state index in [1.54, 1.807) is 6.07 Å². The maximum absolute atomic E-state index is 14.0. The quantitative estimate of drug-likeness (QED) is 0.816. The zero-order valence-corrected chi connectivity index (χ0v) is 13.8. The Balaban J connectivity index is 1.95. The normalized spacial score (nSPS) is 10.9. The lowest BCUT2D eigenvalue weighted by Gasteiger charge is -2.11. The van der Waals surface area contributed by atoms with Crippen molar-refractivity contribution in [1.82, 2.24) is 5.32 Å². The molecule has 0 amide bonds. The van der Waals surface area contributed by atoms with E-state index in [0.717, 1.165) is 15.6 Å². The second kappa shape index (κ2) is 7.57. The van der Waals surface area contributed by atoms with Crippen LogP contribution in [0.25, 0.3) is 0 Å². The van der Waals surface area contributed by atoms with Gasteiger partial charge in [0.25, 0.3) is 0 Å². The van der Waals surface area contributed by atoms with E-state index in [4.69, 9.17) is 4.74 Å². The van der Waals surface area contributed by atoms with Gasteiger partial charge in [0.05, 0.1) is 0 Å². The van der Waals surface area contributed by atoms with Gasteiger partial charge in [0.1, 0.15) is 6.61 Å². The standard InChI is InChI=1S/C17H19BrFNO/c1-12(2)20-10-14-5-8-17(16(19)9-14)21-11-13-3-6-15(18)7-4-13/h3-9,12,20H,10-11H2,1-2H3. The molecule has 0 bridgehead atoms. The molecule has 0 aliphatic heterocycles. The van der Waals surface area contributed by atoms with Crippen LogP contribution in [0, 0.1) is 5.82 Å². The topological polar surface area (TPSA) is 21.3 Å². The smallest absolute Gasteiger partial charge is 0.165 e. The number of benzene rings is 2. The second-order valence-electron chi connectivity index (χ2n) is 5.22. The molecule has 0 aliphatic rings. The van der Waals surface area contributed by atoms with E-state index in [1.165, 1.54) is 6.07 Å². The van der Waals surface area contributed by atoms with Gasteiger partial charge in [-0.25, -0.2) is 4.39 Å². The van der Waals surface area contributed by atoms with Gasteiger partial charge in [0.2, 0.25) is 0 Å². The first-order valence-electron chi connectivity index (χ1n) is 6.93. The summed E-state index contributed by atoms with van der Waals surface area (Å²) in [6.45, 7) is 5.13. The Morgan fingerprint density at radius 1 is 1.10 bits per heavy atom. The summed E-state index contributed by atoms with van der Waals surface area (Å²) in [5.41, 5.74) is 1.92. The Labute approximate surface area is 133 Å². The molecule has 2 aromatic rings. The lowest BCUT2D eigenvalue weighted by molar-refractivity contribution is 0.290. The maximum Gasteiger partial charge on any atom is 0.165 e. The van der Waals surface area contributed by atoms with Crippen molar-refractivity contribution in [3.05, 3.63) is 63.9 Å². The van der Waals surface area contributed by atoms with Gasteiger partial charge in [-0.1, -0.05) is 48.0 Å². The average molecular weight is 352 g/mol. The van der Waals surface area contributed by atoms with Gasteiger partial charge in [-0.05, 0) is 35.4 Å². The van der Waals surface area contributed by atoms with Gasteiger partial charge in [-0.2, -0.15) is 0 Å². The summed E-state index contributed by atoms with van der Waals surface area (Å²) in [5.74, 6) is -0.0404. The van der Waals surface area contributed by atoms with Crippen molar-refractivity contribution in [2.24, 2.45) is 0 Å². The van der Waals surface area contributed by atoms with Crippen molar-refractivity contribution in [1.29, 1.82) is 0 Å². The van der Waals surface area contributed by atoms with E-state index in [-0.39, 0.29) is 11.6 Å². The van der Waals surface area contributed by atoms with E-state index < -0.39 is 0 Å². The molecular weight excluding hydrogens is 333 g/mol. The van der Waals surface area contributed by atoms with Crippen LogP contribution in [-0.4, -0.2) is 6.04 Å². The molecule has 0 aromatic heterocycles. The Morgan fingerprint density at radius 3 is 2.38 bits per heavy atom. The minimum Gasteiger partial charge on any atom is -0.486 e. The summed E-state index contributed by atoms with van der Waals surface area (Å²) in [6, 6.07) is 13.2. The molecule has 2 nitrogen and oxygen atoms in total. The van der Waals surface area contributed by atoms with Crippen LogP contribution >= 0.6 is 15.9 Å². The first-order chi connectivity index (χ1) is 10.0. The van der Waals surface area contributed by atoms with Crippen molar-refractivity contribution in [2.45, 2.75) is 33.0 Å². The third-order valence-corrected chi connectivity index (χ3v) is 3.55. The van der Waals surface area contributed by atoms with Crippen LogP contribution in [0.4, 0.5) is 4.39 Å². The molecular formula is C17H19BrFNO. The van der Waals surface area contributed by atoms with E-state index in [9.17, 15) is 4.39 Å². The molecule has 112 valence electrons. The molecule has 0 aliphatic carbocycles. The summed E-state index contributed by atoms with van der Waals surface area (Å²) >= 11 is 3.38. The maximum atomic E-state index is 14.0. The molecule has 0 unspecified atom stereocenters. The third-order valence-electron chi connectivity index (χ3n) is 3.02. The first kappa shape index (κ1) is 16.0. The Kier molecular flexibility index (Phi) is 5.76. The predicted molar refractivity (Wildman–Crippen MR) is 86.8 cm³/mol. The number of ether oxygens (including phenoxy) is 1. The Hall–Kier alpha value is -1.39. The summed E-state index contributed by atoms with van der Waals surface area (Å²) in [7, 11) is 0. The van der Waals surface area contributed by atoms with Crippen molar-refractivity contribution < 1.29 is 9.13 Å². The molecule has 1 N–H and O–H groups in total. The molecule has 0 atom stereocenters. The van der Waals surface area contributed by atoms with Gasteiger partial charge < -0.3 is 10.1 Å².